The summed E-state index contributed by atoms with van der Waals surface area (Å²) in [6.45, 7) is 8.93. The first-order valence-electron chi connectivity index (χ1n) is 7.69. The molecule has 1 fully saturated rings. The molecular formula is C16H26N4S. The van der Waals surface area contributed by atoms with Crippen LogP contribution in [0.3, 0.4) is 0 Å². The molecule has 1 aliphatic heterocycles. The van der Waals surface area contributed by atoms with E-state index in [0.29, 0.717) is 11.3 Å². The zero-order chi connectivity index (χ0) is 15.1. The van der Waals surface area contributed by atoms with Gasteiger partial charge in [0.1, 0.15) is 0 Å². The van der Waals surface area contributed by atoms with Crippen molar-refractivity contribution >= 4 is 17.7 Å². The van der Waals surface area contributed by atoms with Crippen LogP contribution in [0.5, 0.6) is 0 Å². The van der Waals surface area contributed by atoms with Crippen molar-refractivity contribution in [3.8, 4) is 0 Å². The molecule has 1 aromatic heterocycles. The Morgan fingerprint density at radius 2 is 2.29 bits per heavy atom. The third kappa shape index (κ3) is 5.23. The minimum atomic E-state index is 0.349. The highest BCUT2D eigenvalue weighted by molar-refractivity contribution is 8.00. The van der Waals surface area contributed by atoms with Crippen LogP contribution in [0.15, 0.2) is 23.3 Å². The Bertz CT molecular complexity index is 464. The third-order valence-electron chi connectivity index (χ3n) is 3.67. The van der Waals surface area contributed by atoms with Crippen molar-refractivity contribution in [3.05, 3.63) is 29.6 Å². The molecule has 21 heavy (non-hydrogen) atoms. The molecule has 1 aliphatic rings. The monoisotopic (exact) mass is 306 g/mol. The van der Waals surface area contributed by atoms with E-state index in [9.17, 15) is 0 Å². The van der Waals surface area contributed by atoms with E-state index in [1.165, 1.54) is 18.6 Å². The minimum Gasteiger partial charge on any atom is -0.357 e. The zero-order valence-electron chi connectivity index (χ0n) is 13.3. The summed E-state index contributed by atoms with van der Waals surface area (Å²) in [5.41, 5.74) is 2.18. The molecule has 1 aromatic rings. The van der Waals surface area contributed by atoms with Gasteiger partial charge in [-0.2, -0.15) is 11.8 Å². The number of aryl methyl sites for hydroxylation is 1. The van der Waals surface area contributed by atoms with Crippen LogP contribution in [0.1, 0.15) is 37.9 Å². The molecule has 5 heteroatoms. The molecule has 4 nitrogen and oxygen atoms in total. The number of aromatic nitrogens is 1. The van der Waals surface area contributed by atoms with E-state index in [0.717, 1.165) is 30.3 Å². The molecule has 0 aromatic carbocycles. The second kappa shape index (κ2) is 7.69. The van der Waals surface area contributed by atoms with Crippen LogP contribution in [-0.2, 0) is 6.54 Å². The second-order valence-corrected chi connectivity index (χ2v) is 7.44. The van der Waals surface area contributed by atoms with Crippen LogP contribution in [0, 0.1) is 6.92 Å². The summed E-state index contributed by atoms with van der Waals surface area (Å²) in [6, 6.07) is 4.12. The normalized spacial score (nSPS) is 22.3. The van der Waals surface area contributed by atoms with Gasteiger partial charge in [-0.15, -0.1) is 0 Å². The summed E-state index contributed by atoms with van der Waals surface area (Å²) in [4.78, 5) is 8.96. The average molecular weight is 306 g/mol. The zero-order valence-corrected chi connectivity index (χ0v) is 14.1. The maximum Gasteiger partial charge on any atom is 0.191 e. The van der Waals surface area contributed by atoms with E-state index in [1.54, 1.807) is 0 Å². The summed E-state index contributed by atoms with van der Waals surface area (Å²) in [5.74, 6) is 2.17. The lowest BCUT2D eigenvalue weighted by molar-refractivity contribution is 0.584. The first-order chi connectivity index (χ1) is 10.1. The van der Waals surface area contributed by atoms with Gasteiger partial charge in [-0.25, -0.2) is 4.99 Å². The van der Waals surface area contributed by atoms with Crippen LogP contribution in [0.4, 0.5) is 0 Å². The predicted molar refractivity (Wildman–Crippen MR) is 91.9 cm³/mol. The first-order valence-corrected chi connectivity index (χ1v) is 8.67. The fourth-order valence-electron chi connectivity index (χ4n) is 2.35. The van der Waals surface area contributed by atoms with Gasteiger partial charge in [0.15, 0.2) is 5.96 Å². The number of nitrogens with one attached hydrogen (secondary N) is 2. The Labute approximate surface area is 132 Å². The molecule has 0 amide bonds. The van der Waals surface area contributed by atoms with Gasteiger partial charge in [-0.3, -0.25) is 4.98 Å². The highest BCUT2D eigenvalue weighted by Gasteiger charge is 2.29. The average Bonchev–Trinajstić information content (AvgIpc) is 2.91. The molecule has 116 valence electrons. The van der Waals surface area contributed by atoms with Crippen LogP contribution >= 0.6 is 11.8 Å². The Morgan fingerprint density at radius 1 is 1.43 bits per heavy atom. The van der Waals surface area contributed by atoms with Gasteiger partial charge in [0, 0.05) is 29.7 Å². The van der Waals surface area contributed by atoms with Gasteiger partial charge in [0.25, 0.3) is 0 Å². The number of thioether (sulfide) groups is 1. The second-order valence-electron chi connectivity index (χ2n) is 5.76. The summed E-state index contributed by atoms with van der Waals surface area (Å²) < 4.78 is 0.349. The van der Waals surface area contributed by atoms with Crippen molar-refractivity contribution < 1.29 is 0 Å². The largest absolute Gasteiger partial charge is 0.357 e. The van der Waals surface area contributed by atoms with Crippen molar-refractivity contribution in [2.75, 3.05) is 18.8 Å². The van der Waals surface area contributed by atoms with Crippen molar-refractivity contribution in [1.82, 2.24) is 15.6 Å². The van der Waals surface area contributed by atoms with E-state index in [4.69, 9.17) is 0 Å². The first kappa shape index (κ1) is 16.1. The van der Waals surface area contributed by atoms with E-state index >= 15 is 0 Å². The smallest absolute Gasteiger partial charge is 0.191 e. The lowest BCUT2D eigenvalue weighted by Crippen LogP contribution is -2.43. The minimum absolute atomic E-state index is 0.349. The SMILES string of the molecule is CCNC(=NCc1ccc(C)nc1)NCC1(C)CCCS1. The number of pyridine rings is 1. The number of rotatable bonds is 5. The van der Waals surface area contributed by atoms with Crippen LogP contribution in [-0.4, -0.2) is 34.5 Å². The van der Waals surface area contributed by atoms with Crippen LogP contribution in [0.2, 0.25) is 0 Å². The molecule has 0 aliphatic carbocycles. The fraction of sp³-hybridized carbons (Fsp3) is 0.625. The molecule has 1 unspecified atom stereocenters. The van der Waals surface area contributed by atoms with Crippen molar-refractivity contribution in [2.24, 2.45) is 4.99 Å². The number of nitrogens with zero attached hydrogens (tertiary/aromatic N) is 2. The molecule has 0 radical (unpaired) electrons. The summed E-state index contributed by atoms with van der Waals surface area (Å²) >= 11 is 2.07. The van der Waals surface area contributed by atoms with E-state index in [1.807, 2.05) is 19.2 Å². The van der Waals surface area contributed by atoms with E-state index in [-0.39, 0.29) is 0 Å². The van der Waals surface area contributed by atoms with E-state index in [2.05, 4.69) is 52.3 Å². The summed E-state index contributed by atoms with van der Waals surface area (Å²) in [5, 5.41) is 6.80. The summed E-state index contributed by atoms with van der Waals surface area (Å²) in [7, 11) is 0. The fourth-order valence-corrected chi connectivity index (χ4v) is 3.60. The molecule has 2 rings (SSSR count). The topological polar surface area (TPSA) is 49.3 Å². The Balaban J connectivity index is 1.90. The van der Waals surface area contributed by atoms with Gasteiger partial charge >= 0.3 is 0 Å². The van der Waals surface area contributed by atoms with Gasteiger partial charge in [-0.1, -0.05) is 6.07 Å². The molecule has 2 N–H and O–H groups in total. The lowest BCUT2D eigenvalue weighted by Gasteiger charge is -2.24. The van der Waals surface area contributed by atoms with E-state index < -0.39 is 0 Å². The maximum absolute atomic E-state index is 4.65. The highest BCUT2D eigenvalue weighted by Crippen LogP contribution is 2.36. The Morgan fingerprint density at radius 3 is 2.90 bits per heavy atom. The third-order valence-corrected chi connectivity index (χ3v) is 5.21. The van der Waals surface area contributed by atoms with Crippen LogP contribution in [0.25, 0.3) is 0 Å². The van der Waals surface area contributed by atoms with Crippen LogP contribution < -0.4 is 10.6 Å². The number of hydrogen-bond acceptors (Lipinski definition) is 3. The number of guanidine groups is 1. The standard InChI is InChI=1S/C16H26N4S/c1-4-17-15(20-12-16(3)8-5-9-21-16)19-11-14-7-6-13(2)18-10-14/h6-7,10H,4-5,8-9,11-12H2,1-3H3,(H2,17,19,20). The van der Waals surface area contributed by atoms with Gasteiger partial charge < -0.3 is 10.6 Å². The van der Waals surface area contributed by atoms with Crippen molar-refractivity contribution in [1.29, 1.82) is 0 Å². The molecule has 1 atom stereocenters. The molecule has 1 saturated heterocycles. The molecule has 0 saturated carbocycles. The Kier molecular flexibility index (Phi) is 5.91. The van der Waals surface area contributed by atoms with Crippen molar-refractivity contribution in [3.63, 3.8) is 0 Å². The number of aliphatic imine (C=N–C) groups is 1. The van der Waals surface area contributed by atoms with Gasteiger partial charge in [0.05, 0.1) is 6.54 Å². The predicted octanol–water partition coefficient (Wildman–Crippen LogP) is 2.73. The quantitative estimate of drug-likeness (QED) is 0.649. The summed E-state index contributed by atoms with van der Waals surface area (Å²) in [6.07, 6.45) is 4.51. The lowest BCUT2D eigenvalue weighted by atomic mass is 10.1. The van der Waals surface area contributed by atoms with Gasteiger partial charge in [0.2, 0.25) is 0 Å². The Hall–Kier alpha value is -1.23. The molecular weight excluding hydrogens is 280 g/mol. The highest BCUT2D eigenvalue weighted by atomic mass is 32.2. The maximum atomic E-state index is 4.65. The van der Waals surface area contributed by atoms with Crippen molar-refractivity contribution in [2.45, 2.75) is 44.9 Å². The molecule has 0 spiro atoms. The number of hydrogen-bond donors (Lipinski definition) is 2. The molecule has 0 bridgehead atoms. The van der Waals surface area contributed by atoms with Gasteiger partial charge in [-0.05, 0) is 51.0 Å². The molecule has 2 heterocycles.